The third-order valence-electron chi connectivity index (χ3n) is 3.88. The van der Waals surface area contributed by atoms with Crippen LogP contribution in [-0.2, 0) is 13.2 Å². The van der Waals surface area contributed by atoms with E-state index in [4.69, 9.17) is 32.7 Å². The maximum Gasteiger partial charge on any atom is 0.175 e. The van der Waals surface area contributed by atoms with Gasteiger partial charge in [-0.3, -0.25) is 0 Å². The first-order valence-corrected chi connectivity index (χ1v) is 10.1. The van der Waals surface area contributed by atoms with E-state index >= 15 is 0 Å². The average Bonchev–Trinajstić information content (AvgIpc) is 2.60. The third-order valence-corrected chi connectivity index (χ3v) is 5.21. The number of halogens is 4. The van der Waals surface area contributed by atoms with Gasteiger partial charge in [-0.1, -0.05) is 43.1 Å². The molecule has 7 heteroatoms. The molecule has 1 N–H and O–H groups in total. The second-order valence-corrected chi connectivity index (χ2v) is 8.17. The molecule has 0 saturated carbocycles. The molecule has 0 fully saturated rings. The first-order valence-electron chi connectivity index (χ1n) is 8.54. The van der Waals surface area contributed by atoms with Crippen LogP contribution in [0.15, 0.2) is 34.8 Å². The first kappa shape index (κ1) is 24.4. The second-order valence-electron chi connectivity index (χ2n) is 6.51. The monoisotopic (exact) mass is 495 g/mol. The highest BCUT2D eigenvalue weighted by atomic mass is 79.9. The van der Waals surface area contributed by atoms with Crippen LogP contribution in [0.3, 0.4) is 0 Å². The van der Waals surface area contributed by atoms with Gasteiger partial charge in [0.25, 0.3) is 0 Å². The molecule has 0 aliphatic heterocycles. The molecule has 0 atom stereocenters. The van der Waals surface area contributed by atoms with Crippen LogP contribution in [0.25, 0.3) is 0 Å². The van der Waals surface area contributed by atoms with E-state index < -0.39 is 0 Å². The van der Waals surface area contributed by atoms with Crippen molar-refractivity contribution in [3.8, 4) is 11.5 Å². The van der Waals surface area contributed by atoms with Gasteiger partial charge in [0.1, 0.15) is 6.61 Å². The van der Waals surface area contributed by atoms with Crippen LogP contribution in [0.1, 0.15) is 31.4 Å². The van der Waals surface area contributed by atoms with E-state index in [1.807, 2.05) is 12.1 Å². The Bertz CT molecular complexity index is 741. The van der Waals surface area contributed by atoms with Gasteiger partial charge < -0.3 is 14.8 Å². The first-order chi connectivity index (χ1) is 12.4. The summed E-state index contributed by atoms with van der Waals surface area (Å²) in [6, 6.07) is 9.51. The molecule has 0 aliphatic rings. The van der Waals surface area contributed by atoms with Crippen LogP contribution in [0.5, 0.6) is 11.5 Å². The van der Waals surface area contributed by atoms with Gasteiger partial charge in [0.15, 0.2) is 11.5 Å². The van der Waals surface area contributed by atoms with Gasteiger partial charge in [-0.15, -0.1) is 12.4 Å². The molecule has 0 bridgehead atoms. The lowest BCUT2D eigenvalue weighted by Crippen LogP contribution is -2.16. The molecule has 2 aromatic carbocycles. The van der Waals surface area contributed by atoms with Crippen LogP contribution >= 0.6 is 51.5 Å². The smallest absolute Gasteiger partial charge is 0.175 e. The Morgan fingerprint density at radius 1 is 1.07 bits per heavy atom. The molecule has 150 valence electrons. The summed E-state index contributed by atoms with van der Waals surface area (Å²) in [5, 5.41) is 4.50. The predicted molar refractivity (Wildman–Crippen MR) is 120 cm³/mol. The maximum atomic E-state index is 6.06. The van der Waals surface area contributed by atoms with Gasteiger partial charge in [0.2, 0.25) is 0 Å². The highest BCUT2D eigenvalue weighted by Crippen LogP contribution is 2.37. The van der Waals surface area contributed by atoms with Crippen molar-refractivity contribution in [1.29, 1.82) is 0 Å². The Morgan fingerprint density at radius 2 is 1.81 bits per heavy atom. The van der Waals surface area contributed by atoms with Crippen molar-refractivity contribution in [2.45, 2.75) is 33.4 Å². The van der Waals surface area contributed by atoms with Crippen molar-refractivity contribution in [1.82, 2.24) is 5.32 Å². The Morgan fingerprint density at radius 3 is 2.44 bits per heavy atom. The zero-order chi connectivity index (χ0) is 19.1. The lowest BCUT2D eigenvalue weighted by atomic mass is 10.1. The minimum atomic E-state index is 0. The molecule has 2 aromatic rings. The molecule has 2 rings (SSSR count). The zero-order valence-electron chi connectivity index (χ0n) is 15.7. The molecule has 27 heavy (non-hydrogen) atoms. The fraction of sp³-hybridized carbons (Fsp3) is 0.400. The molecule has 0 spiro atoms. The largest absolute Gasteiger partial charge is 0.493 e. The van der Waals surface area contributed by atoms with Crippen molar-refractivity contribution in [2.24, 2.45) is 5.92 Å². The van der Waals surface area contributed by atoms with Gasteiger partial charge in [-0.25, -0.2) is 0 Å². The summed E-state index contributed by atoms with van der Waals surface area (Å²) in [4.78, 5) is 0. The van der Waals surface area contributed by atoms with Gasteiger partial charge in [0, 0.05) is 6.54 Å². The van der Waals surface area contributed by atoms with Crippen LogP contribution in [0, 0.1) is 5.92 Å². The molecule has 0 aromatic heterocycles. The third kappa shape index (κ3) is 7.71. The molecule has 0 aliphatic carbocycles. The molecule has 3 nitrogen and oxygen atoms in total. The van der Waals surface area contributed by atoms with E-state index in [-0.39, 0.29) is 12.4 Å². The fourth-order valence-corrected chi connectivity index (χ4v) is 3.35. The van der Waals surface area contributed by atoms with Gasteiger partial charge >= 0.3 is 0 Å². The van der Waals surface area contributed by atoms with Crippen molar-refractivity contribution in [3.63, 3.8) is 0 Å². The average molecular weight is 498 g/mol. The Kier molecular flexibility index (Phi) is 10.9. The maximum absolute atomic E-state index is 6.06. The summed E-state index contributed by atoms with van der Waals surface area (Å²) < 4.78 is 12.3. The number of ether oxygens (including phenoxy) is 2. The van der Waals surface area contributed by atoms with Crippen molar-refractivity contribution < 1.29 is 9.47 Å². The Balaban J connectivity index is 0.00000364. The molecule has 0 unspecified atom stereocenters. The van der Waals surface area contributed by atoms with E-state index in [1.165, 1.54) is 0 Å². The molecule has 0 heterocycles. The quantitative estimate of drug-likeness (QED) is 0.382. The van der Waals surface area contributed by atoms with Gasteiger partial charge in [-0.2, -0.15) is 0 Å². The number of hydrogen-bond acceptors (Lipinski definition) is 3. The summed E-state index contributed by atoms with van der Waals surface area (Å²) in [6.45, 7) is 6.60. The summed E-state index contributed by atoms with van der Waals surface area (Å²) in [5.41, 5.74) is 2.08. The van der Waals surface area contributed by atoms with Crippen LogP contribution in [0.2, 0.25) is 10.0 Å². The van der Waals surface area contributed by atoms with Crippen LogP contribution in [-0.4, -0.2) is 13.7 Å². The highest BCUT2D eigenvalue weighted by Gasteiger charge is 2.12. The highest BCUT2D eigenvalue weighted by molar-refractivity contribution is 9.10. The van der Waals surface area contributed by atoms with Crippen LogP contribution < -0.4 is 14.8 Å². The molecular weight excluding hydrogens is 472 g/mol. The van der Waals surface area contributed by atoms with E-state index in [0.717, 1.165) is 35.1 Å². The minimum absolute atomic E-state index is 0. The Labute approximate surface area is 186 Å². The number of benzene rings is 2. The summed E-state index contributed by atoms with van der Waals surface area (Å²) in [7, 11) is 1.64. The molecule has 0 amide bonds. The normalized spacial score (nSPS) is 10.6. The van der Waals surface area contributed by atoms with E-state index in [0.29, 0.717) is 34.1 Å². The standard InChI is InChI=1S/C20H24BrCl2NO2.ClH/c1-13(2)6-7-24-11-15-8-16(21)20(19(10-15)25-3)26-12-14-4-5-17(22)18(23)9-14;/h4-5,8-10,13,24H,6-7,11-12H2,1-3H3;1H. The number of nitrogens with one attached hydrogen (secondary N) is 1. The van der Waals surface area contributed by atoms with Gasteiger partial charge in [0.05, 0.1) is 21.6 Å². The van der Waals surface area contributed by atoms with Gasteiger partial charge in [-0.05, 0) is 70.2 Å². The number of rotatable bonds is 9. The van der Waals surface area contributed by atoms with Crippen molar-refractivity contribution >= 4 is 51.5 Å². The molecule has 0 saturated heterocycles. The number of methoxy groups -OCH3 is 1. The predicted octanol–water partition coefficient (Wildman–Crippen LogP) is 6.90. The summed E-state index contributed by atoms with van der Waals surface area (Å²) >= 11 is 15.6. The lowest BCUT2D eigenvalue weighted by Gasteiger charge is -2.15. The SMILES string of the molecule is COc1cc(CNCCC(C)C)cc(Br)c1OCc1ccc(Cl)c(Cl)c1.Cl. The zero-order valence-corrected chi connectivity index (χ0v) is 19.6. The van der Waals surface area contributed by atoms with E-state index in [2.05, 4.69) is 41.2 Å². The number of hydrogen-bond donors (Lipinski definition) is 1. The van der Waals surface area contributed by atoms with Crippen molar-refractivity contribution in [3.05, 3.63) is 56.0 Å². The molecule has 0 radical (unpaired) electrons. The topological polar surface area (TPSA) is 30.5 Å². The fourth-order valence-electron chi connectivity index (χ4n) is 2.42. The van der Waals surface area contributed by atoms with E-state index in [1.54, 1.807) is 19.2 Å². The molecular formula is C20H25BrCl3NO2. The minimum Gasteiger partial charge on any atom is -0.493 e. The van der Waals surface area contributed by atoms with Crippen molar-refractivity contribution in [2.75, 3.05) is 13.7 Å². The lowest BCUT2D eigenvalue weighted by molar-refractivity contribution is 0.282. The summed E-state index contributed by atoms with van der Waals surface area (Å²) in [5.74, 6) is 2.06. The van der Waals surface area contributed by atoms with Crippen LogP contribution in [0.4, 0.5) is 0 Å². The summed E-state index contributed by atoms with van der Waals surface area (Å²) in [6.07, 6.45) is 1.16. The second kappa shape index (κ2) is 12.0. The Hall–Kier alpha value is -0.650. The van der Waals surface area contributed by atoms with E-state index in [9.17, 15) is 0 Å².